The van der Waals surface area contributed by atoms with E-state index >= 15 is 0 Å². The summed E-state index contributed by atoms with van der Waals surface area (Å²) in [6.07, 6.45) is 4.48. The van der Waals surface area contributed by atoms with E-state index in [1.54, 1.807) is 6.20 Å². The number of carbonyl (C=O) groups is 1. The maximum atomic E-state index is 11.7. The molecule has 18 heavy (non-hydrogen) atoms. The van der Waals surface area contributed by atoms with E-state index in [0.29, 0.717) is 6.42 Å². The Bertz CT molecular complexity index is 395. The van der Waals surface area contributed by atoms with Crippen molar-refractivity contribution in [1.82, 2.24) is 4.98 Å². The van der Waals surface area contributed by atoms with E-state index in [1.165, 1.54) is 0 Å². The fraction of sp³-hybridized carbons (Fsp3) is 0.600. The van der Waals surface area contributed by atoms with Crippen LogP contribution in [-0.4, -0.2) is 23.9 Å². The van der Waals surface area contributed by atoms with Crippen LogP contribution in [0.15, 0.2) is 12.3 Å². The summed E-state index contributed by atoms with van der Waals surface area (Å²) in [5.41, 5.74) is 1.79. The van der Waals surface area contributed by atoms with Crippen molar-refractivity contribution in [1.29, 1.82) is 0 Å². The van der Waals surface area contributed by atoms with E-state index in [9.17, 15) is 4.79 Å². The largest absolute Gasteiger partial charge is 0.357 e. The second-order valence-electron chi connectivity index (χ2n) is 4.62. The molecule has 3 nitrogen and oxygen atoms in total. The number of nitrogens with zero attached hydrogens (tertiary/aromatic N) is 2. The molecule has 0 aliphatic carbocycles. The number of aromatic nitrogens is 1. The third-order valence-electron chi connectivity index (χ3n) is 3.03. The van der Waals surface area contributed by atoms with Crippen LogP contribution < -0.4 is 4.90 Å². The number of pyridine rings is 1. The maximum Gasteiger partial charge on any atom is 0.164 e. The van der Waals surface area contributed by atoms with E-state index in [1.807, 2.05) is 19.9 Å². The molecule has 0 aliphatic rings. The van der Waals surface area contributed by atoms with Crippen LogP contribution in [0.25, 0.3) is 0 Å². The number of anilines is 1. The molecule has 1 aromatic rings. The van der Waals surface area contributed by atoms with Gasteiger partial charge in [-0.3, -0.25) is 4.79 Å². The molecule has 0 aliphatic heterocycles. The summed E-state index contributed by atoms with van der Waals surface area (Å²) in [4.78, 5) is 18.4. The first-order valence-electron chi connectivity index (χ1n) is 6.88. The summed E-state index contributed by atoms with van der Waals surface area (Å²) < 4.78 is 0. The van der Waals surface area contributed by atoms with Crippen LogP contribution in [-0.2, 0) is 0 Å². The van der Waals surface area contributed by atoms with Crippen molar-refractivity contribution >= 4 is 11.6 Å². The molecule has 0 unspecified atom stereocenters. The van der Waals surface area contributed by atoms with E-state index < -0.39 is 0 Å². The van der Waals surface area contributed by atoms with Crippen LogP contribution in [0.4, 0.5) is 5.82 Å². The number of Topliss-reactive ketones (excluding diaryl/α,β-unsaturated/α-hetero) is 1. The van der Waals surface area contributed by atoms with Gasteiger partial charge in [0.2, 0.25) is 0 Å². The fourth-order valence-electron chi connectivity index (χ4n) is 2.08. The molecule has 0 N–H and O–H groups in total. The van der Waals surface area contributed by atoms with Crippen molar-refractivity contribution in [3.63, 3.8) is 0 Å². The minimum atomic E-state index is 0.170. The maximum absolute atomic E-state index is 11.7. The van der Waals surface area contributed by atoms with Crippen LogP contribution >= 0.6 is 0 Å². The molecule has 1 rings (SSSR count). The summed E-state index contributed by atoms with van der Waals surface area (Å²) in [6.45, 7) is 10.2. The highest BCUT2D eigenvalue weighted by molar-refractivity contribution is 5.97. The highest BCUT2D eigenvalue weighted by atomic mass is 16.1. The average molecular weight is 248 g/mol. The zero-order valence-electron chi connectivity index (χ0n) is 12.0. The van der Waals surface area contributed by atoms with E-state index in [4.69, 9.17) is 0 Å². The van der Waals surface area contributed by atoms with Gasteiger partial charge in [-0.2, -0.15) is 0 Å². The third-order valence-corrected chi connectivity index (χ3v) is 3.03. The topological polar surface area (TPSA) is 33.2 Å². The van der Waals surface area contributed by atoms with Gasteiger partial charge in [0.05, 0.1) is 0 Å². The van der Waals surface area contributed by atoms with Gasteiger partial charge in [-0.25, -0.2) is 4.98 Å². The lowest BCUT2D eigenvalue weighted by atomic mass is 10.1. The molecule has 1 aromatic heterocycles. The second-order valence-corrected chi connectivity index (χ2v) is 4.62. The van der Waals surface area contributed by atoms with Crippen molar-refractivity contribution < 1.29 is 4.79 Å². The summed E-state index contributed by atoms with van der Waals surface area (Å²) in [6, 6.07) is 2.04. The number of hydrogen-bond donors (Lipinski definition) is 0. The summed E-state index contributed by atoms with van der Waals surface area (Å²) in [5, 5.41) is 0. The first-order valence-corrected chi connectivity index (χ1v) is 6.88. The molecule has 0 amide bonds. The standard InChI is InChI=1S/C15H24N2O/c1-5-8-17(9-6-2)15-10-12(4)13(11-16-15)14(18)7-3/h10-11H,5-9H2,1-4H3. The van der Waals surface area contributed by atoms with Gasteiger partial charge in [-0.1, -0.05) is 20.8 Å². The molecular formula is C15H24N2O. The van der Waals surface area contributed by atoms with Crippen molar-refractivity contribution in [2.75, 3.05) is 18.0 Å². The molecule has 0 saturated heterocycles. The van der Waals surface area contributed by atoms with Crippen molar-refractivity contribution in [2.45, 2.75) is 47.0 Å². The SMILES string of the molecule is CCCN(CCC)c1cc(C)c(C(=O)CC)cn1. The Morgan fingerprint density at radius 3 is 2.28 bits per heavy atom. The summed E-state index contributed by atoms with van der Waals surface area (Å²) in [5.74, 6) is 1.16. The van der Waals surface area contributed by atoms with Crippen LogP contribution in [0, 0.1) is 6.92 Å². The minimum Gasteiger partial charge on any atom is -0.357 e. The average Bonchev–Trinajstić information content (AvgIpc) is 2.37. The fourth-order valence-corrected chi connectivity index (χ4v) is 2.08. The highest BCUT2D eigenvalue weighted by Gasteiger charge is 2.11. The molecular weight excluding hydrogens is 224 g/mol. The molecule has 0 radical (unpaired) electrons. The van der Waals surface area contributed by atoms with Gasteiger partial charge >= 0.3 is 0 Å². The van der Waals surface area contributed by atoms with Gasteiger partial charge in [-0.15, -0.1) is 0 Å². The zero-order chi connectivity index (χ0) is 13.5. The first kappa shape index (κ1) is 14.7. The third kappa shape index (κ3) is 3.56. The number of aryl methyl sites for hydroxylation is 1. The molecule has 3 heteroatoms. The van der Waals surface area contributed by atoms with E-state index in [-0.39, 0.29) is 5.78 Å². The summed E-state index contributed by atoms with van der Waals surface area (Å²) in [7, 11) is 0. The van der Waals surface area contributed by atoms with Crippen LogP contribution in [0.5, 0.6) is 0 Å². The number of ketones is 1. The van der Waals surface area contributed by atoms with Crippen LogP contribution in [0.1, 0.15) is 56.0 Å². The Morgan fingerprint density at radius 2 is 1.83 bits per heavy atom. The van der Waals surface area contributed by atoms with E-state index in [0.717, 1.165) is 42.9 Å². The van der Waals surface area contributed by atoms with Crippen molar-refractivity contribution in [3.05, 3.63) is 23.4 Å². The predicted molar refractivity (Wildman–Crippen MR) is 76.4 cm³/mol. The van der Waals surface area contributed by atoms with Crippen molar-refractivity contribution in [3.8, 4) is 0 Å². The van der Waals surface area contributed by atoms with E-state index in [2.05, 4.69) is 23.7 Å². The smallest absolute Gasteiger partial charge is 0.164 e. The molecule has 1 heterocycles. The molecule has 0 atom stereocenters. The van der Waals surface area contributed by atoms with Gasteiger partial charge in [0.25, 0.3) is 0 Å². The summed E-state index contributed by atoms with van der Waals surface area (Å²) >= 11 is 0. The molecule has 0 saturated carbocycles. The monoisotopic (exact) mass is 248 g/mol. The Balaban J connectivity index is 2.97. The predicted octanol–water partition coefficient (Wildman–Crippen LogP) is 3.61. The van der Waals surface area contributed by atoms with Gasteiger partial charge in [0, 0.05) is 31.3 Å². The lowest BCUT2D eigenvalue weighted by Gasteiger charge is -2.23. The normalized spacial score (nSPS) is 10.4. The van der Waals surface area contributed by atoms with Gasteiger partial charge in [0.15, 0.2) is 5.78 Å². The Hall–Kier alpha value is -1.38. The number of rotatable bonds is 7. The number of carbonyl (C=O) groups excluding carboxylic acids is 1. The zero-order valence-corrected chi connectivity index (χ0v) is 12.0. The van der Waals surface area contributed by atoms with Crippen LogP contribution in [0.3, 0.4) is 0 Å². The second kappa shape index (κ2) is 7.14. The number of hydrogen-bond acceptors (Lipinski definition) is 3. The Labute approximate surface area is 110 Å². The molecule has 0 aromatic carbocycles. The Morgan fingerprint density at radius 1 is 1.22 bits per heavy atom. The first-order chi connectivity index (χ1) is 8.63. The van der Waals surface area contributed by atoms with Gasteiger partial charge < -0.3 is 4.90 Å². The van der Waals surface area contributed by atoms with Gasteiger partial charge in [0.1, 0.15) is 5.82 Å². The lowest BCUT2D eigenvalue weighted by Crippen LogP contribution is -2.26. The molecule has 0 bridgehead atoms. The highest BCUT2D eigenvalue weighted by Crippen LogP contribution is 2.17. The molecule has 0 fully saturated rings. The molecule has 0 spiro atoms. The quantitative estimate of drug-likeness (QED) is 0.691. The lowest BCUT2D eigenvalue weighted by molar-refractivity contribution is 0.0987. The minimum absolute atomic E-state index is 0.170. The Kier molecular flexibility index (Phi) is 5.83. The van der Waals surface area contributed by atoms with Crippen molar-refractivity contribution in [2.24, 2.45) is 0 Å². The van der Waals surface area contributed by atoms with Crippen LogP contribution in [0.2, 0.25) is 0 Å². The van der Waals surface area contributed by atoms with Gasteiger partial charge in [-0.05, 0) is 31.4 Å². The molecule has 100 valence electrons.